The average molecular weight is 563 g/mol. The molecule has 0 aliphatic carbocycles. The normalized spacial score (nSPS) is 21.8. The van der Waals surface area contributed by atoms with Gasteiger partial charge in [0, 0.05) is 46.0 Å². The van der Waals surface area contributed by atoms with Gasteiger partial charge in [-0.25, -0.2) is 14.4 Å². The molecule has 1 spiro atoms. The molecule has 196 valence electrons. The van der Waals surface area contributed by atoms with Gasteiger partial charge in [0.25, 0.3) is 0 Å². The number of hydrogen-bond acceptors (Lipinski definition) is 5. The molecular weight excluding hydrogens is 542 g/mol. The molecule has 1 aromatic heterocycles. The Hall–Kier alpha value is -4.01. The standard InChI is InChI=1S/C29H21Cl2FN4O3/c1-15-3-6-18(32)13-19(15)26-29(21-7-4-17(31)12-23(21)35-27(29)38)22(14-25(37)36-26)20-11-16(30)5-8-24(20)39-28-33-9-2-10-34-28/h2-13,22,26H,14H2,1H3,(H,35,38)(H,36,37)/t22-,26+,29?/m1/s1. The molecule has 3 aromatic carbocycles. The van der Waals surface area contributed by atoms with Gasteiger partial charge in [0.15, 0.2) is 0 Å². The number of ether oxygens (including phenoxy) is 1. The minimum Gasteiger partial charge on any atom is -0.424 e. The maximum absolute atomic E-state index is 14.6. The first-order valence-corrected chi connectivity index (χ1v) is 12.9. The van der Waals surface area contributed by atoms with Crippen LogP contribution in [0.4, 0.5) is 10.1 Å². The number of nitrogens with one attached hydrogen (secondary N) is 2. The van der Waals surface area contributed by atoms with Crippen LogP contribution in [0.3, 0.4) is 0 Å². The van der Waals surface area contributed by atoms with Crippen LogP contribution in [0.15, 0.2) is 73.1 Å². The Bertz CT molecular complexity index is 1630. The number of aryl methyl sites for hydroxylation is 1. The van der Waals surface area contributed by atoms with Gasteiger partial charge in [-0.05, 0) is 72.1 Å². The Labute approximate surface area is 233 Å². The van der Waals surface area contributed by atoms with Crippen LogP contribution >= 0.6 is 23.2 Å². The lowest BCUT2D eigenvalue weighted by Crippen LogP contribution is -2.57. The summed E-state index contributed by atoms with van der Waals surface area (Å²) in [6, 6.07) is 15.3. The number of hydrogen-bond donors (Lipinski definition) is 2. The van der Waals surface area contributed by atoms with Crippen molar-refractivity contribution >= 4 is 40.7 Å². The van der Waals surface area contributed by atoms with Crippen LogP contribution < -0.4 is 15.4 Å². The number of rotatable bonds is 4. The number of halogens is 3. The van der Waals surface area contributed by atoms with E-state index in [0.717, 1.165) is 5.56 Å². The highest BCUT2D eigenvalue weighted by Crippen LogP contribution is 2.59. The third kappa shape index (κ3) is 4.20. The number of anilines is 1. The summed E-state index contributed by atoms with van der Waals surface area (Å²) in [5, 5.41) is 6.80. The Morgan fingerprint density at radius 2 is 1.72 bits per heavy atom. The Kier molecular flexibility index (Phi) is 6.24. The quantitative estimate of drug-likeness (QED) is 0.306. The van der Waals surface area contributed by atoms with Gasteiger partial charge in [0.05, 0.1) is 6.04 Å². The largest absolute Gasteiger partial charge is 0.424 e. The maximum atomic E-state index is 14.6. The van der Waals surface area contributed by atoms with Gasteiger partial charge >= 0.3 is 6.01 Å². The van der Waals surface area contributed by atoms with Crippen molar-refractivity contribution in [1.82, 2.24) is 15.3 Å². The van der Waals surface area contributed by atoms with Crippen molar-refractivity contribution in [3.05, 3.63) is 111 Å². The summed E-state index contributed by atoms with van der Waals surface area (Å²) in [5.41, 5.74) is 1.47. The lowest BCUT2D eigenvalue weighted by Gasteiger charge is -2.47. The summed E-state index contributed by atoms with van der Waals surface area (Å²) >= 11 is 12.8. The smallest absolute Gasteiger partial charge is 0.321 e. The van der Waals surface area contributed by atoms with Crippen molar-refractivity contribution in [1.29, 1.82) is 0 Å². The van der Waals surface area contributed by atoms with E-state index in [-0.39, 0.29) is 24.2 Å². The predicted molar refractivity (Wildman–Crippen MR) is 145 cm³/mol. The molecule has 0 radical (unpaired) electrons. The van der Waals surface area contributed by atoms with Gasteiger partial charge in [-0.15, -0.1) is 0 Å². The Morgan fingerprint density at radius 1 is 0.974 bits per heavy atom. The van der Waals surface area contributed by atoms with Crippen molar-refractivity contribution < 1.29 is 18.7 Å². The molecule has 4 aromatic rings. The highest BCUT2D eigenvalue weighted by Gasteiger charge is 2.62. The predicted octanol–water partition coefficient (Wildman–Crippen LogP) is 6.26. The fraction of sp³-hybridized carbons (Fsp3) is 0.172. The molecule has 1 unspecified atom stereocenters. The van der Waals surface area contributed by atoms with E-state index in [1.807, 2.05) is 6.92 Å². The van der Waals surface area contributed by atoms with Crippen molar-refractivity contribution in [2.45, 2.75) is 30.7 Å². The van der Waals surface area contributed by atoms with Crippen molar-refractivity contribution in [2.24, 2.45) is 0 Å². The SMILES string of the molecule is Cc1ccc(F)cc1[C@@H]1NC(=O)C[C@H](c2cc(Cl)ccc2Oc2ncccn2)C12C(=O)Nc1cc(Cl)ccc12. The second kappa shape index (κ2) is 9.63. The number of carbonyl (C=O) groups is 2. The fourth-order valence-electron chi connectivity index (χ4n) is 5.76. The van der Waals surface area contributed by atoms with Gasteiger partial charge in [0.1, 0.15) is 17.0 Å². The van der Waals surface area contributed by atoms with E-state index in [1.165, 1.54) is 12.1 Å². The van der Waals surface area contributed by atoms with Crippen LogP contribution in [0.1, 0.15) is 40.6 Å². The molecule has 39 heavy (non-hydrogen) atoms. The second-order valence-electron chi connectivity index (χ2n) is 9.59. The zero-order valence-electron chi connectivity index (χ0n) is 20.5. The van der Waals surface area contributed by atoms with E-state index in [9.17, 15) is 14.0 Å². The molecule has 7 nitrogen and oxygen atoms in total. The van der Waals surface area contributed by atoms with Crippen molar-refractivity contribution in [3.63, 3.8) is 0 Å². The third-order valence-corrected chi connectivity index (χ3v) is 7.86. The molecule has 2 aliphatic heterocycles. The first-order chi connectivity index (χ1) is 18.8. The number of carbonyl (C=O) groups excluding carboxylic acids is 2. The molecular formula is C29H21Cl2FN4O3. The number of fused-ring (bicyclic) bond motifs is 2. The van der Waals surface area contributed by atoms with Crippen LogP contribution in [0, 0.1) is 12.7 Å². The maximum Gasteiger partial charge on any atom is 0.321 e. The van der Waals surface area contributed by atoms with E-state index in [1.54, 1.807) is 60.9 Å². The summed E-state index contributed by atoms with van der Waals surface area (Å²) in [7, 11) is 0. The zero-order chi connectivity index (χ0) is 27.3. The third-order valence-electron chi connectivity index (χ3n) is 7.39. The summed E-state index contributed by atoms with van der Waals surface area (Å²) in [6.45, 7) is 1.81. The minimum absolute atomic E-state index is 0.0628. The monoisotopic (exact) mass is 562 g/mol. The molecule has 0 saturated carbocycles. The zero-order valence-corrected chi connectivity index (χ0v) is 22.1. The summed E-state index contributed by atoms with van der Waals surface area (Å²) in [4.78, 5) is 35.9. The average Bonchev–Trinajstić information content (AvgIpc) is 3.19. The lowest BCUT2D eigenvalue weighted by atomic mass is 9.59. The Morgan fingerprint density at radius 3 is 2.51 bits per heavy atom. The van der Waals surface area contributed by atoms with Gasteiger partial charge < -0.3 is 15.4 Å². The summed E-state index contributed by atoms with van der Waals surface area (Å²) in [6.07, 6.45) is 3.02. The molecule has 10 heteroatoms. The number of amides is 2. The number of nitrogens with zero attached hydrogens (tertiary/aromatic N) is 2. The molecule has 2 N–H and O–H groups in total. The molecule has 0 bridgehead atoms. The molecule has 6 rings (SSSR count). The van der Waals surface area contributed by atoms with E-state index in [2.05, 4.69) is 20.6 Å². The molecule has 3 atom stereocenters. The summed E-state index contributed by atoms with van der Waals surface area (Å²) in [5.74, 6) is -1.57. The number of aromatic nitrogens is 2. The van der Waals surface area contributed by atoms with E-state index >= 15 is 0 Å². The minimum atomic E-state index is -1.40. The molecule has 2 amide bonds. The number of piperidine rings is 1. The van der Waals surface area contributed by atoms with Gasteiger partial charge in [-0.3, -0.25) is 9.59 Å². The molecule has 1 fully saturated rings. The van der Waals surface area contributed by atoms with E-state index in [4.69, 9.17) is 27.9 Å². The van der Waals surface area contributed by atoms with Gasteiger partial charge in [-0.1, -0.05) is 35.3 Å². The highest BCUT2D eigenvalue weighted by atomic mass is 35.5. The van der Waals surface area contributed by atoms with Gasteiger partial charge in [0.2, 0.25) is 11.8 Å². The van der Waals surface area contributed by atoms with E-state index in [0.29, 0.717) is 38.2 Å². The molecule has 1 saturated heterocycles. The Balaban J connectivity index is 1.63. The van der Waals surface area contributed by atoms with Crippen molar-refractivity contribution in [2.75, 3.05) is 5.32 Å². The highest BCUT2D eigenvalue weighted by molar-refractivity contribution is 6.31. The first-order valence-electron chi connectivity index (χ1n) is 12.2. The fourth-order valence-corrected chi connectivity index (χ4v) is 6.12. The van der Waals surface area contributed by atoms with E-state index < -0.39 is 23.2 Å². The topological polar surface area (TPSA) is 93.2 Å². The van der Waals surface area contributed by atoms with Crippen LogP contribution in [-0.2, 0) is 15.0 Å². The van der Waals surface area contributed by atoms with Gasteiger partial charge in [-0.2, -0.15) is 0 Å². The van der Waals surface area contributed by atoms with Crippen LogP contribution in [0.5, 0.6) is 11.8 Å². The summed E-state index contributed by atoms with van der Waals surface area (Å²) < 4.78 is 20.7. The number of benzene rings is 3. The van der Waals surface area contributed by atoms with Crippen LogP contribution in [0.25, 0.3) is 0 Å². The molecule has 2 aliphatic rings. The first kappa shape index (κ1) is 25.3. The van der Waals surface area contributed by atoms with Crippen LogP contribution in [0.2, 0.25) is 10.0 Å². The second-order valence-corrected chi connectivity index (χ2v) is 10.5. The van der Waals surface area contributed by atoms with Crippen molar-refractivity contribution in [3.8, 4) is 11.8 Å². The lowest BCUT2D eigenvalue weighted by molar-refractivity contribution is -0.131. The molecule has 3 heterocycles. The van der Waals surface area contributed by atoms with Crippen LogP contribution in [-0.4, -0.2) is 21.8 Å².